The van der Waals surface area contributed by atoms with Crippen molar-refractivity contribution in [1.29, 1.82) is 0 Å². The molecule has 4 heteroatoms. The van der Waals surface area contributed by atoms with E-state index < -0.39 is 0 Å². The Morgan fingerprint density at radius 2 is 2.31 bits per heavy atom. The van der Waals surface area contributed by atoms with E-state index in [0.717, 1.165) is 33.0 Å². The second-order valence-corrected chi connectivity index (χ2v) is 6.21. The van der Waals surface area contributed by atoms with Gasteiger partial charge in [0, 0.05) is 20.6 Å². The lowest BCUT2D eigenvalue weighted by molar-refractivity contribution is 0.0746. The summed E-state index contributed by atoms with van der Waals surface area (Å²) in [4.78, 5) is 14.3. The highest BCUT2D eigenvalue weighted by Crippen LogP contribution is 2.25. The number of carbonyl (C=O) groups excluding carboxylic acids is 1. The van der Waals surface area contributed by atoms with Crippen LogP contribution in [0.2, 0.25) is 0 Å². The van der Waals surface area contributed by atoms with Gasteiger partial charge in [-0.05, 0) is 76.5 Å². The van der Waals surface area contributed by atoms with Crippen molar-refractivity contribution in [1.82, 2.24) is 4.90 Å². The molecule has 1 aliphatic heterocycles. The average molecular weight is 394 g/mol. The third kappa shape index (κ3) is 2.42. The highest BCUT2D eigenvalue weighted by atomic mass is 127. The van der Waals surface area contributed by atoms with Gasteiger partial charge in [-0.2, -0.15) is 0 Å². The van der Waals surface area contributed by atoms with E-state index in [1.165, 1.54) is 0 Å². The van der Waals surface area contributed by atoms with Gasteiger partial charge in [0.2, 0.25) is 0 Å². The molecular formula is C12H13BrINO. The molecule has 1 heterocycles. The van der Waals surface area contributed by atoms with Crippen molar-refractivity contribution in [3.63, 3.8) is 0 Å². The number of carbonyl (C=O) groups is 1. The Bertz CT molecular complexity index is 421. The summed E-state index contributed by atoms with van der Waals surface area (Å²) in [5.41, 5.74) is 0.778. The molecule has 0 unspecified atom stereocenters. The highest BCUT2D eigenvalue weighted by Gasteiger charge is 2.27. The molecule has 1 atom stereocenters. The van der Waals surface area contributed by atoms with Crippen molar-refractivity contribution >= 4 is 44.4 Å². The first-order chi connectivity index (χ1) is 7.59. The first-order valence-corrected chi connectivity index (χ1v) is 7.23. The van der Waals surface area contributed by atoms with E-state index in [2.05, 4.69) is 45.4 Å². The quantitative estimate of drug-likeness (QED) is 0.666. The summed E-state index contributed by atoms with van der Waals surface area (Å²) >= 11 is 5.68. The molecule has 1 amide bonds. The van der Waals surface area contributed by atoms with Crippen LogP contribution < -0.4 is 0 Å². The number of rotatable bonds is 1. The molecular weight excluding hydrogens is 381 g/mol. The molecule has 2 rings (SSSR count). The molecule has 1 aromatic carbocycles. The molecule has 0 radical (unpaired) electrons. The largest absolute Gasteiger partial charge is 0.336 e. The number of likely N-dealkylation sites (tertiary alicyclic amines) is 1. The summed E-state index contributed by atoms with van der Waals surface area (Å²) in [6.07, 6.45) is 2.24. The number of nitrogens with zero attached hydrogens (tertiary/aromatic N) is 1. The molecule has 0 saturated carbocycles. The lowest BCUT2D eigenvalue weighted by Crippen LogP contribution is -2.33. The van der Waals surface area contributed by atoms with Crippen molar-refractivity contribution in [2.24, 2.45) is 0 Å². The maximum atomic E-state index is 12.3. The zero-order valence-corrected chi connectivity index (χ0v) is 12.8. The van der Waals surface area contributed by atoms with Crippen LogP contribution in [0.25, 0.3) is 0 Å². The number of hydrogen-bond donors (Lipinski definition) is 0. The van der Waals surface area contributed by atoms with Gasteiger partial charge in [0.05, 0.1) is 5.56 Å². The van der Waals surface area contributed by atoms with Crippen molar-refractivity contribution in [3.05, 3.63) is 31.8 Å². The molecule has 0 N–H and O–H groups in total. The molecule has 16 heavy (non-hydrogen) atoms. The first-order valence-electron chi connectivity index (χ1n) is 5.35. The third-order valence-corrected chi connectivity index (χ3v) is 4.34. The fourth-order valence-electron chi connectivity index (χ4n) is 2.05. The van der Waals surface area contributed by atoms with Crippen LogP contribution >= 0.6 is 38.5 Å². The lowest BCUT2D eigenvalue weighted by atomic mass is 10.2. The number of halogens is 2. The van der Waals surface area contributed by atoms with Crippen LogP contribution in [0.4, 0.5) is 0 Å². The lowest BCUT2D eigenvalue weighted by Gasteiger charge is -2.22. The number of hydrogen-bond acceptors (Lipinski definition) is 1. The van der Waals surface area contributed by atoms with E-state index in [9.17, 15) is 4.79 Å². The Balaban J connectivity index is 2.29. The fraction of sp³-hybridized carbons (Fsp3) is 0.417. The summed E-state index contributed by atoms with van der Waals surface area (Å²) < 4.78 is 1.98. The van der Waals surface area contributed by atoms with Crippen LogP contribution in [0.1, 0.15) is 30.1 Å². The van der Waals surface area contributed by atoms with E-state index in [1.54, 1.807) is 0 Å². The van der Waals surface area contributed by atoms with Gasteiger partial charge in [0.1, 0.15) is 0 Å². The molecule has 1 fully saturated rings. The van der Waals surface area contributed by atoms with Gasteiger partial charge in [-0.3, -0.25) is 4.79 Å². The van der Waals surface area contributed by atoms with E-state index in [4.69, 9.17) is 0 Å². The molecule has 1 aromatic rings. The average Bonchev–Trinajstić information content (AvgIpc) is 2.67. The number of amides is 1. The summed E-state index contributed by atoms with van der Waals surface area (Å²) in [6.45, 7) is 3.00. The fourth-order valence-corrected chi connectivity index (χ4v) is 2.96. The summed E-state index contributed by atoms with van der Waals surface area (Å²) in [7, 11) is 0. The van der Waals surface area contributed by atoms with Crippen molar-refractivity contribution in [2.75, 3.05) is 6.54 Å². The molecule has 2 nitrogen and oxygen atoms in total. The second kappa shape index (κ2) is 5.04. The van der Waals surface area contributed by atoms with Crippen molar-refractivity contribution < 1.29 is 4.79 Å². The smallest absolute Gasteiger partial charge is 0.255 e. The molecule has 0 bridgehead atoms. The van der Waals surface area contributed by atoms with E-state index in [1.807, 2.05) is 23.1 Å². The Kier molecular flexibility index (Phi) is 3.89. The summed E-state index contributed by atoms with van der Waals surface area (Å²) in [6, 6.07) is 6.25. The van der Waals surface area contributed by atoms with Crippen molar-refractivity contribution in [3.8, 4) is 0 Å². The predicted octanol–water partition coefficient (Wildman–Crippen LogP) is 3.68. The zero-order chi connectivity index (χ0) is 11.7. The van der Waals surface area contributed by atoms with Gasteiger partial charge in [-0.1, -0.05) is 0 Å². The van der Waals surface area contributed by atoms with Crippen LogP contribution in [0.15, 0.2) is 22.7 Å². The monoisotopic (exact) mass is 393 g/mol. The van der Waals surface area contributed by atoms with Gasteiger partial charge in [0.25, 0.3) is 5.91 Å². The Labute approximate surface area is 118 Å². The Morgan fingerprint density at radius 3 is 2.94 bits per heavy atom. The van der Waals surface area contributed by atoms with Crippen LogP contribution in [0.3, 0.4) is 0 Å². The van der Waals surface area contributed by atoms with Crippen LogP contribution in [0.5, 0.6) is 0 Å². The minimum Gasteiger partial charge on any atom is -0.336 e. The van der Waals surface area contributed by atoms with E-state index >= 15 is 0 Å². The van der Waals surface area contributed by atoms with Crippen molar-refractivity contribution in [2.45, 2.75) is 25.8 Å². The topological polar surface area (TPSA) is 20.3 Å². The maximum Gasteiger partial charge on any atom is 0.255 e. The minimum absolute atomic E-state index is 0.149. The molecule has 0 spiro atoms. The van der Waals surface area contributed by atoms with Gasteiger partial charge in [0.15, 0.2) is 0 Å². The minimum atomic E-state index is 0.149. The Morgan fingerprint density at radius 1 is 1.56 bits per heavy atom. The molecule has 0 aliphatic carbocycles. The van der Waals surface area contributed by atoms with Crippen LogP contribution in [-0.2, 0) is 0 Å². The highest BCUT2D eigenvalue weighted by molar-refractivity contribution is 14.1. The van der Waals surface area contributed by atoms with Crippen LogP contribution in [0, 0.1) is 3.57 Å². The maximum absolute atomic E-state index is 12.3. The molecule has 1 aliphatic rings. The van der Waals surface area contributed by atoms with Gasteiger partial charge < -0.3 is 4.90 Å². The molecule has 86 valence electrons. The normalized spacial score (nSPS) is 20.2. The van der Waals surface area contributed by atoms with E-state index in [-0.39, 0.29) is 5.91 Å². The first kappa shape index (κ1) is 12.4. The van der Waals surface area contributed by atoms with Gasteiger partial charge >= 0.3 is 0 Å². The summed E-state index contributed by atoms with van der Waals surface area (Å²) in [5.74, 6) is 0.149. The standard InChI is InChI=1S/C12H13BrINO/c1-8-3-2-6-15(8)12(16)10-7-9(14)4-5-11(10)13/h4-5,7-8H,2-3,6H2,1H3/t8-/m0/s1. The predicted molar refractivity (Wildman–Crippen MR) is 76.6 cm³/mol. The zero-order valence-electron chi connectivity index (χ0n) is 9.04. The van der Waals surface area contributed by atoms with Crippen LogP contribution in [-0.4, -0.2) is 23.4 Å². The Hall–Kier alpha value is -0.100. The van der Waals surface area contributed by atoms with E-state index in [0.29, 0.717) is 6.04 Å². The van der Waals surface area contributed by atoms with Gasteiger partial charge in [-0.15, -0.1) is 0 Å². The van der Waals surface area contributed by atoms with Gasteiger partial charge in [-0.25, -0.2) is 0 Å². The second-order valence-electron chi connectivity index (χ2n) is 4.11. The molecule has 1 saturated heterocycles. The SMILES string of the molecule is C[C@H]1CCCN1C(=O)c1cc(I)ccc1Br. The number of benzene rings is 1. The summed E-state index contributed by atoms with van der Waals surface area (Å²) in [5, 5.41) is 0. The molecule has 0 aromatic heterocycles. The third-order valence-electron chi connectivity index (χ3n) is 2.97.